The second kappa shape index (κ2) is 6.05. The third-order valence-corrected chi connectivity index (χ3v) is 3.95. The molecule has 2 aromatic heterocycles. The highest BCUT2D eigenvalue weighted by Crippen LogP contribution is 2.22. The largest absolute Gasteiger partial charge is 0.350 e. The number of hydrogen-bond donors (Lipinski definition) is 2. The van der Waals surface area contributed by atoms with Crippen molar-refractivity contribution < 1.29 is 4.79 Å². The second-order valence-electron chi connectivity index (χ2n) is 5.34. The lowest BCUT2D eigenvalue weighted by Gasteiger charge is -2.06. The highest BCUT2D eigenvalue weighted by molar-refractivity contribution is 6.01. The third-order valence-electron chi connectivity index (χ3n) is 3.95. The van der Waals surface area contributed by atoms with Gasteiger partial charge in [-0.25, -0.2) is 4.98 Å². The molecule has 3 rings (SSSR count). The number of H-pyrrole nitrogens is 1. The Morgan fingerprint density at radius 2 is 2.18 bits per heavy atom. The fraction of sp³-hybridized carbons (Fsp3) is 0.294. The van der Waals surface area contributed by atoms with Gasteiger partial charge in [-0.3, -0.25) is 4.79 Å². The van der Waals surface area contributed by atoms with E-state index in [0.29, 0.717) is 12.2 Å². The van der Waals surface area contributed by atoms with Gasteiger partial charge in [0.2, 0.25) is 0 Å². The molecule has 3 aromatic rings. The summed E-state index contributed by atoms with van der Waals surface area (Å²) in [5.41, 5.74) is 2.75. The normalized spacial score (nSPS) is 11.0. The zero-order chi connectivity index (χ0) is 15.5. The summed E-state index contributed by atoms with van der Waals surface area (Å²) in [4.78, 5) is 19.9. The van der Waals surface area contributed by atoms with Crippen molar-refractivity contribution in [3.63, 3.8) is 0 Å². The van der Waals surface area contributed by atoms with Gasteiger partial charge in [0.1, 0.15) is 11.5 Å². The molecule has 0 aliphatic carbocycles. The number of nitrogens with one attached hydrogen (secondary N) is 2. The van der Waals surface area contributed by atoms with E-state index in [4.69, 9.17) is 0 Å². The lowest BCUT2D eigenvalue weighted by Crippen LogP contribution is -2.27. The molecule has 0 saturated heterocycles. The number of nitrogens with zero attached hydrogens (tertiary/aromatic N) is 2. The number of hydrogen-bond acceptors (Lipinski definition) is 2. The predicted molar refractivity (Wildman–Crippen MR) is 86.9 cm³/mol. The van der Waals surface area contributed by atoms with E-state index in [2.05, 4.69) is 28.3 Å². The minimum atomic E-state index is -0.0535. The maximum absolute atomic E-state index is 12.4. The van der Waals surface area contributed by atoms with E-state index < -0.39 is 0 Å². The van der Waals surface area contributed by atoms with E-state index in [9.17, 15) is 4.79 Å². The van der Waals surface area contributed by atoms with Crippen molar-refractivity contribution in [3.05, 3.63) is 53.7 Å². The van der Waals surface area contributed by atoms with Crippen LogP contribution in [0.5, 0.6) is 0 Å². The maximum atomic E-state index is 12.4. The molecule has 0 fully saturated rings. The quantitative estimate of drug-likeness (QED) is 0.759. The molecule has 0 atom stereocenters. The van der Waals surface area contributed by atoms with Gasteiger partial charge < -0.3 is 14.9 Å². The molecular weight excluding hydrogens is 276 g/mol. The van der Waals surface area contributed by atoms with Gasteiger partial charge in [-0.2, -0.15) is 0 Å². The van der Waals surface area contributed by atoms with Crippen LogP contribution in [0.25, 0.3) is 10.9 Å². The Morgan fingerprint density at radius 1 is 1.36 bits per heavy atom. The third kappa shape index (κ3) is 2.62. The fourth-order valence-electron chi connectivity index (χ4n) is 2.77. The minimum absolute atomic E-state index is 0.0535. The molecule has 22 heavy (non-hydrogen) atoms. The summed E-state index contributed by atoms with van der Waals surface area (Å²) in [7, 11) is 1.96. The molecular formula is C17H20N4O. The zero-order valence-corrected chi connectivity index (χ0v) is 12.9. The number of carbonyl (C=O) groups is 1. The Kier molecular flexibility index (Phi) is 3.96. The molecule has 5 nitrogen and oxygen atoms in total. The van der Waals surface area contributed by atoms with E-state index in [1.807, 2.05) is 36.0 Å². The van der Waals surface area contributed by atoms with Crippen molar-refractivity contribution in [3.8, 4) is 0 Å². The highest BCUT2D eigenvalue weighted by atomic mass is 16.1. The number of aromatic amines is 1. The van der Waals surface area contributed by atoms with Gasteiger partial charge in [0.05, 0.1) is 0 Å². The lowest BCUT2D eigenvalue weighted by atomic mass is 10.1. The first-order valence-corrected chi connectivity index (χ1v) is 7.54. The second-order valence-corrected chi connectivity index (χ2v) is 5.34. The molecule has 0 aliphatic heterocycles. The van der Waals surface area contributed by atoms with Gasteiger partial charge in [0.25, 0.3) is 5.91 Å². The van der Waals surface area contributed by atoms with E-state index in [0.717, 1.165) is 35.1 Å². The molecule has 114 valence electrons. The number of amides is 1. The summed E-state index contributed by atoms with van der Waals surface area (Å²) in [6.45, 7) is 2.64. The summed E-state index contributed by atoms with van der Waals surface area (Å²) in [6, 6.07) is 8.02. The van der Waals surface area contributed by atoms with Crippen LogP contribution in [0.1, 0.15) is 28.8 Å². The SMILES string of the molecule is CCc1c(C(=O)NCCc2nccn2C)[nH]c2ccccc12. The summed E-state index contributed by atoms with van der Waals surface area (Å²) >= 11 is 0. The Balaban J connectivity index is 1.73. The Labute approximate surface area is 129 Å². The summed E-state index contributed by atoms with van der Waals surface area (Å²) in [5, 5.41) is 4.10. The first kappa shape index (κ1) is 14.4. The van der Waals surface area contributed by atoms with Crippen molar-refractivity contribution >= 4 is 16.8 Å². The smallest absolute Gasteiger partial charge is 0.268 e. The fourth-order valence-corrected chi connectivity index (χ4v) is 2.77. The molecule has 0 saturated carbocycles. The molecule has 5 heteroatoms. The lowest BCUT2D eigenvalue weighted by molar-refractivity contribution is 0.0949. The maximum Gasteiger partial charge on any atom is 0.268 e. The van der Waals surface area contributed by atoms with Crippen LogP contribution in [0, 0.1) is 0 Å². The van der Waals surface area contributed by atoms with Crippen LogP contribution in [0.4, 0.5) is 0 Å². The predicted octanol–water partition coefficient (Wildman–Crippen LogP) is 2.44. The van der Waals surface area contributed by atoms with Crippen LogP contribution in [0.2, 0.25) is 0 Å². The summed E-state index contributed by atoms with van der Waals surface area (Å²) in [6.07, 6.45) is 5.22. The van der Waals surface area contributed by atoms with Crippen molar-refractivity contribution in [2.45, 2.75) is 19.8 Å². The highest BCUT2D eigenvalue weighted by Gasteiger charge is 2.15. The topological polar surface area (TPSA) is 62.7 Å². The number of aromatic nitrogens is 3. The van der Waals surface area contributed by atoms with Gasteiger partial charge >= 0.3 is 0 Å². The van der Waals surface area contributed by atoms with Crippen LogP contribution >= 0.6 is 0 Å². The number of para-hydroxylation sites is 1. The Hall–Kier alpha value is -2.56. The van der Waals surface area contributed by atoms with Crippen molar-refractivity contribution in [1.29, 1.82) is 0 Å². The number of imidazole rings is 1. The van der Waals surface area contributed by atoms with E-state index in [1.165, 1.54) is 0 Å². The Morgan fingerprint density at radius 3 is 2.91 bits per heavy atom. The molecule has 0 bridgehead atoms. The van der Waals surface area contributed by atoms with Crippen LogP contribution in [0.15, 0.2) is 36.7 Å². The molecule has 0 unspecified atom stereocenters. The minimum Gasteiger partial charge on any atom is -0.350 e. The van der Waals surface area contributed by atoms with E-state index >= 15 is 0 Å². The molecule has 2 heterocycles. The van der Waals surface area contributed by atoms with Crippen molar-refractivity contribution in [1.82, 2.24) is 19.9 Å². The van der Waals surface area contributed by atoms with E-state index in [-0.39, 0.29) is 5.91 Å². The summed E-state index contributed by atoms with van der Waals surface area (Å²) in [5.74, 6) is 0.912. The first-order valence-electron chi connectivity index (χ1n) is 7.54. The molecule has 1 aromatic carbocycles. The van der Waals surface area contributed by atoms with Crippen LogP contribution in [0.3, 0.4) is 0 Å². The van der Waals surface area contributed by atoms with Gasteiger partial charge in [-0.05, 0) is 18.1 Å². The van der Waals surface area contributed by atoms with Crippen LogP contribution in [-0.4, -0.2) is 27.0 Å². The molecule has 2 N–H and O–H groups in total. The average Bonchev–Trinajstić information content (AvgIpc) is 3.10. The number of fused-ring (bicyclic) bond motifs is 1. The number of rotatable bonds is 5. The number of carbonyl (C=O) groups excluding carboxylic acids is 1. The monoisotopic (exact) mass is 296 g/mol. The standard InChI is InChI=1S/C17H20N4O/c1-3-12-13-6-4-5-7-14(13)20-16(12)17(22)19-9-8-15-18-10-11-21(15)2/h4-7,10-11,20H,3,8-9H2,1-2H3,(H,19,22). The van der Waals surface area contributed by atoms with Gasteiger partial charge in [-0.1, -0.05) is 25.1 Å². The molecule has 0 aliphatic rings. The number of benzene rings is 1. The molecule has 0 radical (unpaired) electrons. The molecule has 1 amide bonds. The Bertz CT molecular complexity index is 800. The summed E-state index contributed by atoms with van der Waals surface area (Å²) < 4.78 is 1.96. The number of aryl methyl sites for hydroxylation is 2. The first-order chi connectivity index (χ1) is 10.7. The van der Waals surface area contributed by atoms with Crippen LogP contribution in [-0.2, 0) is 19.9 Å². The van der Waals surface area contributed by atoms with Crippen molar-refractivity contribution in [2.24, 2.45) is 7.05 Å². The van der Waals surface area contributed by atoms with Gasteiger partial charge in [-0.15, -0.1) is 0 Å². The van der Waals surface area contributed by atoms with Gasteiger partial charge in [0, 0.05) is 43.3 Å². The van der Waals surface area contributed by atoms with Crippen molar-refractivity contribution in [2.75, 3.05) is 6.54 Å². The molecule has 0 spiro atoms. The van der Waals surface area contributed by atoms with E-state index in [1.54, 1.807) is 6.20 Å². The van der Waals surface area contributed by atoms with Gasteiger partial charge in [0.15, 0.2) is 0 Å². The van der Waals surface area contributed by atoms with Crippen LogP contribution < -0.4 is 5.32 Å². The average molecular weight is 296 g/mol. The zero-order valence-electron chi connectivity index (χ0n) is 12.9.